The number of halogens is 1. The maximum absolute atomic E-state index is 12.6. The van der Waals surface area contributed by atoms with Gasteiger partial charge in [-0.1, -0.05) is 34.1 Å². The first-order valence-corrected chi connectivity index (χ1v) is 8.85. The van der Waals surface area contributed by atoms with E-state index in [-0.39, 0.29) is 5.91 Å². The van der Waals surface area contributed by atoms with Gasteiger partial charge >= 0.3 is 0 Å². The summed E-state index contributed by atoms with van der Waals surface area (Å²) in [7, 11) is 1.69. The molecule has 0 atom stereocenters. The number of hydrogen-bond donors (Lipinski definition) is 0. The van der Waals surface area contributed by atoms with E-state index in [0.717, 1.165) is 48.5 Å². The molecular weight excluding hydrogens is 368 g/mol. The second kappa shape index (κ2) is 7.81. The first kappa shape index (κ1) is 17.0. The highest BCUT2D eigenvalue weighted by Gasteiger charge is 2.22. The molecule has 0 aliphatic carbocycles. The quantitative estimate of drug-likeness (QED) is 0.804. The summed E-state index contributed by atoms with van der Waals surface area (Å²) in [5.74, 6) is 0.994. The maximum Gasteiger partial charge on any atom is 0.253 e. The van der Waals surface area contributed by atoms with Crippen LogP contribution in [0.15, 0.2) is 53.0 Å². The highest BCUT2D eigenvalue weighted by atomic mass is 79.9. The van der Waals surface area contributed by atoms with Gasteiger partial charge in [-0.15, -0.1) is 0 Å². The van der Waals surface area contributed by atoms with Crippen LogP contribution < -0.4 is 4.74 Å². The highest BCUT2D eigenvalue weighted by Crippen LogP contribution is 2.17. The summed E-state index contributed by atoms with van der Waals surface area (Å²) in [6.45, 7) is 4.18. The summed E-state index contributed by atoms with van der Waals surface area (Å²) < 4.78 is 6.21. The van der Waals surface area contributed by atoms with Crippen molar-refractivity contribution < 1.29 is 9.53 Å². The molecule has 0 N–H and O–H groups in total. The minimum absolute atomic E-state index is 0.109. The number of carbonyl (C=O) groups excluding carboxylic acids is 1. The van der Waals surface area contributed by atoms with Gasteiger partial charge in [0.2, 0.25) is 0 Å². The van der Waals surface area contributed by atoms with Gasteiger partial charge in [0.05, 0.1) is 7.11 Å². The molecule has 0 saturated carbocycles. The lowest BCUT2D eigenvalue weighted by Crippen LogP contribution is -2.48. The molecule has 0 aromatic heterocycles. The van der Waals surface area contributed by atoms with E-state index in [1.54, 1.807) is 7.11 Å². The fourth-order valence-electron chi connectivity index (χ4n) is 2.94. The van der Waals surface area contributed by atoms with Gasteiger partial charge in [-0.25, -0.2) is 0 Å². The number of ether oxygens (including phenoxy) is 1. The molecule has 5 heteroatoms. The maximum atomic E-state index is 12.6. The van der Waals surface area contributed by atoms with Crippen LogP contribution in [0, 0.1) is 0 Å². The molecule has 2 aromatic rings. The predicted octanol–water partition coefficient (Wildman–Crippen LogP) is 3.42. The summed E-state index contributed by atoms with van der Waals surface area (Å²) in [4.78, 5) is 16.9. The minimum atomic E-state index is 0.109. The molecule has 1 aliphatic rings. The molecule has 0 bridgehead atoms. The van der Waals surface area contributed by atoms with Crippen LogP contribution in [0.1, 0.15) is 15.9 Å². The Kier molecular flexibility index (Phi) is 5.53. The van der Waals surface area contributed by atoms with Gasteiger partial charge in [0.1, 0.15) is 5.75 Å². The van der Waals surface area contributed by atoms with Crippen LogP contribution in [0.2, 0.25) is 0 Å². The Balaban J connectivity index is 1.56. The number of benzene rings is 2. The van der Waals surface area contributed by atoms with Crippen molar-refractivity contribution in [1.29, 1.82) is 0 Å². The van der Waals surface area contributed by atoms with E-state index in [9.17, 15) is 4.79 Å². The molecule has 3 rings (SSSR count). The number of amides is 1. The van der Waals surface area contributed by atoms with Crippen molar-refractivity contribution >= 4 is 21.8 Å². The van der Waals surface area contributed by atoms with Crippen molar-refractivity contribution in [2.45, 2.75) is 6.54 Å². The van der Waals surface area contributed by atoms with Crippen LogP contribution in [0.5, 0.6) is 5.75 Å². The van der Waals surface area contributed by atoms with Crippen molar-refractivity contribution in [3.63, 3.8) is 0 Å². The molecule has 4 nitrogen and oxygen atoms in total. The average Bonchev–Trinajstić information content (AvgIpc) is 2.62. The SMILES string of the molecule is COc1cccc(CN2CCN(C(=O)c3cccc(Br)c3)CC2)c1. The number of piperazine rings is 1. The Morgan fingerprint density at radius 2 is 1.83 bits per heavy atom. The van der Waals surface area contributed by atoms with E-state index in [4.69, 9.17) is 4.74 Å². The largest absolute Gasteiger partial charge is 0.497 e. The molecule has 0 unspecified atom stereocenters. The standard InChI is InChI=1S/C19H21BrN2O2/c1-24-18-7-2-4-15(12-18)14-21-8-10-22(11-9-21)19(23)16-5-3-6-17(20)13-16/h2-7,12-13H,8-11,14H2,1H3. The molecule has 0 spiro atoms. The Morgan fingerprint density at radius 1 is 1.08 bits per heavy atom. The smallest absolute Gasteiger partial charge is 0.253 e. The average molecular weight is 389 g/mol. The van der Waals surface area contributed by atoms with Crippen LogP contribution in [0.4, 0.5) is 0 Å². The van der Waals surface area contributed by atoms with Gasteiger partial charge in [-0.3, -0.25) is 9.69 Å². The van der Waals surface area contributed by atoms with Crippen molar-refractivity contribution in [3.8, 4) is 5.75 Å². The van der Waals surface area contributed by atoms with Crippen LogP contribution >= 0.6 is 15.9 Å². The highest BCUT2D eigenvalue weighted by molar-refractivity contribution is 9.10. The van der Waals surface area contributed by atoms with E-state index in [1.165, 1.54) is 5.56 Å². The third-order valence-corrected chi connectivity index (χ3v) is 4.76. The van der Waals surface area contributed by atoms with Gasteiger partial charge in [-0.2, -0.15) is 0 Å². The molecule has 126 valence electrons. The zero-order valence-corrected chi connectivity index (χ0v) is 15.3. The second-order valence-electron chi connectivity index (χ2n) is 5.93. The lowest BCUT2D eigenvalue weighted by Gasteiger charge is -2.34. The summed E-state index contributed by atoms with van der Waals surface area (Å²) in [6, 6.07) is 15.7. The van der Waals surface area contributed by atoms with Gasteiger partial charge in [0, 0.05) is 42.8 Å². The summed E-state index contributed by atoms with van der Waals surface area (Å²) in [5, 5.41) is 0. The van der Waals surface area contributed by atoms with Gasteiger partial charge in [0.25, 0.3) is 5.91 Å². The van der Waals surface area contributed by atoms with Crippen LogP contribution in [-0.4, -0.2) is 49.0 Å². The van der Waals surface area contributed by atoms with Crippen molar-refractivity contribution in [1.82, 2.24) is 9.80 Å². The Hall–Kier alpha value is -1.85. The normalized spacial score (nSPS) is 15.3. The fourth-order valence-corrected chi connectivity index (χ4v) is 3.34. The van der Waals surface area contributed by atoms with Crippen LogP contribution in [0.25, 0.3) is 0 Å². The molecule has 1 fully saturated rings. The predicted molar refractivity (Wildman–Crippen MR) is 98.3 cm³/mol. The van der Waals surface area contributed by atoms with E-state index < -0.39 is 0 Å². The van der Waals surface area contributed by atoms with Crippen molar-refractivity contribution in [3.05, 3.63) is 64.1 Å². The van der Waals surface area contributed by atoms with E-state index in [0.29, 0.717) is 0 Å². The molecule has 2 aromatic carbocycles. The molecule has 1 amide bonds. The minimum Gasteiger partial charge on any atom is -0.497 e. The summed E-state index contributed by atoms with van der Waals surface area (Å²) >= 11 is 3.42. The Labute approximate surface area is 151 Å². The zero-order chi connectivity index (χ0) is 16.9. The molecule has 24 heavy (non-hydrogen) atoms. The van der Waals surface area contributed by atoms with Crippen LogP contribution in [0.3, 0.4) is 0 Å². The first-order chi connectivity index (χ1) is 11.7. The number of methoxy groups -OCH3 is 1. The number of nitrogens with zero attached hydrogens (tertiary/aromatic N) is 2. The summed E-state index contributed by atoms with van der Waals surface area (Å²) in [5.41, 5.74) is 1.98. The van der Waals surface area contributed by atoms with E-state index >= 15 is 0 Å². The molecule has 0 radical (unpaired) electrons. The van der Waals surface area contributed by atoms with Gasteiger partial charge < -0.3 is 9.64 Å². The monoisotopic (exact) mass is 388 g/mol. The van der Waals surface area contributed by atoms with Gasteiger partial charge in [0.15, 0.2) is 0 Å². The molecule has 1 saturated heterocycles. The number of carbonyl (C=O) groups is 1. The third kappa shape index (κ3) is 4.16. The number of rotatable bonds is 4. The first-order valence-electron chi connectivity index (χ1n) is 8.06. The Morgan fingerprint density at radius 3 is 2.54 bits per heavy atom. The van der Waals surface area contributed by atoms with E-state index in [2.05, 4.69) is 33.0 Å². The lowest BCUT2D eigenvalue weighted by molar-refractivity contribution is 0.0628. The lowest BCUT2D eigenvalue weighted by atomic mass is 10.1. The Bertz CT molecular complexity index is 712. The third-order valence-electron chi connectivity index (χ3n) is 4.27. The van der Waals surface area contributed by atoms with Crippen molar-refractivity contribution in [2.75, 3.05) is 33.3 Å². The zero-order valence-electron chi connectivity index (χ0n) is 13.7. The number of hydrogen-bond acceptors (Lipinski definition) is 3. The molecular formula is C19H21BrN2O2. The fraction of sp³-hybridized carbons (Fsp3) is 0.316. The summed E-state index contributed by atoms with van der Waals surface area (Å²) in [6.07, 6.45) is 0. The van der Waals surface area contributed by atoms with Crippen LogP contribution in [-0.2, 0) is 6.54 Å². The van der Waals surface area contributed by atoms with E-state index in [1.807, 2.05) is 41.3 Å². The molecule has 1 aliphatic heterocycles. The van der Waals surface area contributed by atoms with Gasteiger partial charge in [-0.05, 0) is 35.9 Å². The topological polar surface area (TPSA) is 32.8 Å². The second-order valence-corrected chi connectivity index (χ2v) is 6.85. The molecule has 1 heterocycles. The van der Waals surface area contributed by atoms with Crippen molar-refractivity contribution in [2.24, 2.45) is 0 Å².